The summed E-state index contributed by atoms with van der Waals surface area (Å²) in [6, 6.07) is 6.49. The number of esters is 2. The van der Waals surface area contributed by atoms with Crippen molar-refractivity contribution in [3.8, 4) is 5.75 Å². The highest BCUT2D eigenvalue weighted by Crippen LogP contribution is 2.56. The van der Waals surface area contributed by atoms with Gasteiger partial charge in [-0.3, -0.25) is 28.5 Å². The lowest BCUT2D eigenvalue weighted by atomic mass is 10.0. The number of anilines is 1. The first-order valence-corrected chi connectivity index (χ1v) is 17.2. The number of hydrogen-bond donors (Lipinski definition) is 4. The molecule has 2 heterocycles. The van der Waals surface area contributed by atoms with Gasteiger partial charge in [-0.05, 0) is 50.3 Å². The third kappa shape index (κ3) is 9.07. The summed E-state index contributed by atoms with van der Waals surface area (Å²) in [5.74, 6) is -1.15. The number of para-hydroxylation sites is 1. The van der Waals surface area contributed by atoms with Crippen LogP contribution in [0.25, 0.3) is 17.4 Å². The van der Waals surface area contributed by atoms with Gasteiger partial charge >= 0.3 is 19.7 Å². The molecular formula is C31H44N7O8P. The lowest BCUT2D eigenvalue weighted by Crippen LogP contribution is -2.39. The third-order valence-electron chi connectivity index (χ3n) is 8.05. The quantitative estimate of drug-likeness (QED) is 0.119. The average molecular weight is 674 g/mol. The van der Waals surface area contributed by atoms with Crippen LogP contribution < -0.4 is 26.6 Å². The Kier molecular flexibility index (Phi) is 11.6. The fraction of sp³-hybridized carbons (Fsp3) is 0.516. The molecule has 1 aliphatic carbocycles. The number of aromatic nitrogens is 4. The molecule has 0 aliphatic heterocycles. The van der Waals surface area contributed by atoms with Crippen molar-refractivity contribution in [2.75, 3.05) is 18.9 Å². The van der Waals surface area contributed by atoms with Crippen LogP contribution in [0.3, 0.4) is 0 Å². The zero-order valence-corrected chi connectivity index (χ0v) is 28.2. The minimum Gasteiger partial charge on any atom is -0.463 e. The van der Waals surface area contributed by atoms with E-state index >= 15 is 0 Å². The van der Waals surface area contributed by atoms with Gasteiger partial charge in [0.15, 0.2) is 11.2 Å². The molecule has 1 aliphatic rings. The van der Waals surface area contributed by atoms with Gasteiger partial charge in [-0.2, -0.15) is 10.1 Å². The van der Waals surface area contributed by atoms with Gasteiger partial charge in [0, 0.05) is 6.20 Å². The summed E-state index contributed by atoms with van der Waals surface area (Å²) in [6.07, 6.45) is 5.30. The van der Waals surface area contributed by atoms with Gasteiger partial charge in [0.25, 0.3) is 5.56 Å². The van der Waals surface area contributed by atoms with Crippen molar-refractivity contribution in [2.45, 2.75) is 78.5 Å². The van der Waals surface area contributed by atoms with E-state index in [-0.39, 0.29) is 48.1 Å². The molecule has 1 fully saturated rings. The Bertz CT molecular complexity index is 1690. The number of carbonyl (C=O) groups is 2. The van der Waals surface area contributed by atoms with Crippen molar-refractivity contribution in [3.63, 3.8) is 0 Å². The fourth-order valence-electron chi connectivity index (χ4n) is 4.80. The van der Waals surface area contributed by atoms with E-state index in [2.05, 4.69) is 20.0 Å². The molecule has 6 N–H and O–H groups in total. The Morgan fingerprint density at radius 3 is 2.57 bits per heavy atom. The number of nitrogen functional groups attached to an aromatic ring is 1. The first-order valence-electron chi connectivity index (χ1n) is 15.6. The van der Waals surface area contributed by atoms with Gasteiger partial charge in [0.1, 0.15) is 30.8 Å². The highest BCUT2D eigenvalue weighted by Gasteiger charge is 2.53. The van der Waals surface area contributed by atoms with Crippen LogP contribution in [0.2, 0.25) is 0 Å². The van der Waals surface area contributed by atoms with Crippen LogP contribution in [0.4, 0.5) is 5.95 Å². The lowest BCUT2D eigenvalue weighted by Gasteiger charge is -2.26. The van der Waals surface area contributed by atoms with E-state index in [9.17, 15) is 18.9 Å². The molecule has 15 nitrogen and oxygen atoms in total. The van der Waals surface area contributed by atoms with Crippen molar-refractivity contribution in [1.82, 2.24) is 24.6 Å². The molecule has 0 radical (unpaired) electrons. The summed E-state index contributed by atoms with van der Waals surface area (Å²) >= 11 is 0. The number of nitrogens with zero attached hydrogens (tertiary/aromatic N) is 3. The first kappa shape index (κ1) is 35.8. The largest absolute Gasteiger partial charge is 0.463 e. The number of imidazole rings is 1. The number of ether oxygens (including phenoxy) is 2. The second-order valence-electron chi connectivity index (χ2n) is 12.0. The lowest BCUT2D eigenvalue weighted by molar-refractivity contribution is -0.150. The van der Waals surface area contributed by atoms with Gasteiger partial charge in [0.2, 0.25) is 5.95 Å². The molecule has 4 rings (SSSR count). The fourth-order valence-corrected chi connectivity index (χ4v) is 6.38. The molecular weight excluding hydrogens is 629 g/mol. The number of rotatable bonds is 17. The molecule has 47 heavy (non-hydrogen) atoms. The summed E-state index contributed by atoms with van der Waals surface area (Å²) in [4.78, 5) is 48.7. The van der Waals surface area contributed by atoms with Crippen molar-refractivity contribution in [1.29, 1.82) is 0 Å². The Morgan fingerprint density at radius 2 is 1.89 bits per heavy atom. The van der Waals surface area contributed by atoms with Crippen LogP contribution in [-0.4, -0.2) is 62.9 Å². The maximum absolute atomic E-state index is 14.2. The molecule has 6 atom stereocenters. The third-order valence-corrected chi connectivity index (χ3v) is 9.67. The van der Waals surface area contributed by atoms with Crippen LogP contribution in [0, 0.1) is 11.3 Å². The normalized spacial score (nSPS) is 20.6. The smallest absolute Gasteiger partial charge is 0.459 e. The number of H-pyrrole nitrogens is 1. The molecule has 2 aromatic heterocycles. The summed E-state index contributed by atoms with van der Waals surface area (Å²) in [5.41, 5.74) is 11.5. The van der Waals surface area contributed by atoms with E-state index in [0.717, 1.165) is 12.0 Å². The van der Waals surface area contributed by atoms with Crippen molar-refractivity contribution in [2.24, 2.45) is 17.1 Å². The zero-order chi connectivity index (χ0) is 34.4. The van der Waals surface area contributed by atoms with Crippen molar-refractivity contribution >= 4 is 43.0 Å². The van der Waals surface area contributed by atoms with Crippen molar-refractivity contribution in [3.05, 3.63) is 52.6 Å². The van der Waals surface area contributed by atoms with Crippen LogP contribution in [0.5, 0.6) is 5.75 Å². The van der Waals surface area contributed by atoms with Crippen LogP contribution in [0.1, 0.15) is 60.3 Å². The van der Waals surface area contributed by atoms with E-state index in [0.29, 0.717) is 19.3 Å². The Balaban J connectivity index is 1.61. The average Bonchev–Trinajstić information content (AvgIpc) is 3.57. The van der Waals surface area contributed by atoms with Gasteiger partial charge < -0.3 is 25.5 Å². The Labute approximate surface area is 273 Å². The van der Waals surface area contributed by atoms with E-state index in [1.54, 1.807) is 43.5 Å². The van der Waals surface area contributed by atoms with Gasteiger partial charge in [-0.1, -0.05) is 51.8 Å². The Hall–Kier alpha value is -4.04. The highest BCUT2D eigenvalue weighted by molar-refractivity contribution is 7.52. The predicted molar refractivity (Wildman–Crippen MR) is 176 cm³/mol. The summed E-state index contributed by atoms with van der Waals surface area (Å²) in [6.45, 7) is 8.67. The maximum Gasteiger partial charge on any atom is 0.459 e. The number of nitrogens with one attached hydrogen (secondary N) is 2. The van der Waals surface area contributed by atoms with E-state index in [1.165, 1.54) is 17.8 Å². The molecule has 0 bridgehead atoms. The predicted octanol–water partition coefficient (Wildman–Crippen LogP) is 3.76. The second kappa shape index (κ2) is 15.2. The zero-order valence-electron chi connectivity index (χ0n) is 27.3. The molecule has 3 aromatic rings. The number of benzene rings is 1. The van der Waals surface area contributed by atoms with E-state index in [1.807, 2.05) is 20.8 Å². The highest BCUT2D eigenvalue weighted by atomic mass is 31.2. The molecule has 1 saturated carbocycles. The number of nitrogens with two attached hydrogens (primary N) is 2. The standard InChI is InChI=1S/C31H44N7O8P/c1-6-11-20(4)45-28(40)21(5)37-47(42,46-23-12-9-8-10-13-23)44-17-31(16-43-29(41)24(32)19(3)7-2)14-22(31)15-38-18-34-25-26(38)35-30(33)36-27(25)39/h8-10,12-13,15,18-21,24H,6-7,11,14,16-17,32H2,1-5H3,(H,37,42)(H3,33,35,36,39)/b22-15-/t19?,20?,21?,24?,31-,47-/m0/s1. The number of fused-ring (bicyclic) bond motifs is 1. The molecule has 0 amide bonds. The molecule has 1 aromatic carbocycles. The van der Waals surface area contributed by atoms with Crippen LogP contribution in [0.15, 0.2) is 47.0 Å². The van der Waals surface area contributed by atoms with E-state index < -0.39 is 42.7 Å². The number of aromatic amines is 1. The topological polar surface area (TPSA) is 216 Å². The summed E-state index contributed by atoms with van der Waals surface area (Å²) in [7, 11) is -4.24. The van der Waals surface area contributed by atoms with Crippen LogP contribution >= 0.6 is 7.75 Å². The van der Waals surface area contributed by atoms with Gasteiger partial charge in [-0.25, -0.2) is 9.55 Å². The minimum absolute atomic E-state index is 0.0807. The maximum atomic E-state index is 14.2. The second-order valence-corrected chi connectivity index (χ2v) is 13.7. The molecule has 0 spiro atoms. The molecule has 4 unspecified atom stereocenters. The van der Waals surface area contributed by atoms with Crippen molar-refractivity contribution < 1.29 is 32.7 Å². The van der Waals surface area contributed by atoms with Gasteiger partial charge in [-0.15, -0.1) is 0 Å². The van der Waals surface area contributed by atoms with E-state index in [4.69, 9.17) is 30.0 Å². The minimum atomic E-state index is -4.24. The summed E-state index contributed by atoms with van der Waals surface area (Å²) in [5, 5.41) is 2.70. The number of carbonyl (C=O) groups excluding carboxylic acids is 2. The summed E-state index contributed by atoms with van der Waals surface area (Å²) < 4.78 is 38.8. The first-order chi connectivity index (χ1) is 22.3. The SMILES string of the molecule is CCCC(C)OC(=O)C(C)N[P@](=O)(OC[C@@]1(COC(=O)C(N)C(C)CC)C/C1=C/n1cnc2c(=O)[nH]c(N)nc21)Oc1ccccc1. The molecule has 16 heteroatoms. The molecule has 256 valence electrons. The number of hydrogen-bond acceptors (Lipinski definition) is 12. The Morgan fingerprint density at radius 1 is 1.17 bits per heavy atom. The van der Waals surface area contributed by atoms with Crippen LogP contribution in [-0.2, 0) is 28.2 Å². The monoisotopic (exact) mass is 673 g/mol. The van der Waals surface area contributed by atoms with Gasteiger partial charge in [0.05, 0.1) is 18.1 Å². The molecule has 0 saturated heterocycles.